The normalized spacial score (nSPS) is 16.0. The van der Waals surface area contributed by atoms with E-state index in [2.05, 4.69) is 52.2 Å². The van der Waals surface area contributed by atoms with Crippen molar-refractivity contribution in [3.05, 3.63) is 83.9 Å². The zero-order valence-electron chi connectivity index (χ0n) is 43.2. The number of carbonyl (C=O) groups is 8. The highest BCUT2D eigenvalue weighted by Crippen LogP contribution is 2.21. The zero-order chi connectivity index (χ0) is 54.3. The number of nitrogens with one attached hydrogen (secondary N) is 8. The molecule has 23 heteroatoms. The second kappa shape index (κ2) is 29.8. The number of amides is 7. The summed E-state index contributed by atoms with van der Waals surface area (Å²) in [5, 5.41) is 29.3. The van der Waals surface area contributed by atoms with Crippen molar-refractivity contribution in [2.45, 2.75) is 128 Å². The lowest BCUT2D eigenvalue weighted by molar-refractivity contribution is -0.145. The summed E-state index contributed by atoms with van der Waals surface area (Å²) < 4.78 is 5.61. The highest BCUT2D eigenvalue weighted by atomic mass is 16.5. The molecule has 1 aliphatic rings. The number of H-pyrrole nitrogens is 1. The number of guanidine groups is 1. The zero-order valence-corrected chi connectivity index (χ0v) is 43.2. The molecule has 3 aromatic rings. The van der Waals surface area contributed by atoms with E-state index in [-0.39, 0.29) is 57.7 Å². The minimum atomic E-state index is -1.31. The van der Waals surface area contributed by atoms with Crippen LogP contribution in [0.3, 0.4) is 0 Å². The molecule has 1 aromatic heterocycles. The highest BCUT2D eigenvalue weighted by molar-refractivity contribution is 5.98. The van der Waals surface area contributed by atoms with E-state index < -0.39 is 101 Å². The van der Waals surface area contributed by atoms with Crippen molar-refractivity contribution < 1.29 is 48.2 Å². The Morgan fingerprint density at radius 3 is 2.03 bits per heavy atom. The summed E-state index contributed by atoms with van der Waals surface area (Å²) in [5.41, 5.74) is 12.7. The number of carboxylic acid groups (broad SMARTS) is 1. The first kappa shape index (κ1) is 59.0. The molecule has 7 amide bonds. The first-order valence-corrected chi connectivity index (χ1v) is 25.1. The number of benzene rings is 2. The maximum atomic E-state index is 14.7. The maximum absolute atomic E-state index is 14.7. The van der Waals surface area contributed by atoms with E-state index >= 15 is 0 Å². The number of carbonyl (C=O) groups excluding carboxylic acids is 7. The number of hydrogen-bond acceptors (Lipinski definition) is 12. The monoisotopic (exact) mass is 1030 g/mol. The summed E-state index contributed by atoms with van der Waals surface area (Å²) in [7, 11) is 1.58. The molecule has 0 bridgehead atoms. The maximum Gasteiger partial charge on any atom is 0.326 e. The molecule has 13 N–H and O–H groups in total. The van der Waals surface area contributed by atoms with Gasteiger partial charge in [0, 0.05) is 44.2 Å². The van der Waals surface area contributed by atoms with Gasteiger partial charge in [-0.1, -0.05) is 76.6 Å². The highest BCUT2D eigenvalue weighted by Gasteiger charge is 2.41. The van der Waals surface area contributed by atoms with Gasteiger partial charge in [-0.3, -0.25) is 38.6 Å². The summed E-state index contributed by atoms with van der Waals surface area (Å²) in [5.74, 6) is -6.35. The average molecular weight is 1030 g/mol. The number of rotatable bonds is 30. The standard InChI is InChI=1S/C51H75N13O10/c1-7-31(5)43(48(70)60-38(26-34-27-55-29-57-34)49(71)64-23-13-17-40(64)46(68)61-39(50(72)73)25-32-14-10-9-11-15-32)63-45(67)37(24-33-18-20-35(21-19-33)74-8-2)59-47(69)42(30(3)4)62-44(66)36(58-41(65)28-54-6)16-12-22-56-51(52)53/h9-11,14-15,18-21,27,29-31,36-40,42-43,54H,7-8,12-13,16-17,22-26,28H2,1-6H3,(H,55,57)(H,58,65)(H,59,69)(H,60,70)(H,61,68)(H,62,66)(H,63,67)(H,72,73)(H4,52,53,56)/t31-,36-,37-,38-,39-,40-,42-,43-/m0/s1. The van der Waals surface area contributed by atoms with Gasteiger partial charge >= 0.3 is 5.97 Å². The summed E-state index contributed by atoms with van der Waals surface area (Å²) >= 11 is 0. The second-order valence-electron chi connectivity index (χ2n) is 18.7. The first-order chi connectivity index (χ1) is 35.3. The Morgan fingerprint density at radius 2 is 1.42 bits per heavy atom. The molecule has 1 aliphatic heterocycles. The molecule has 0 unspecified atom stereocenters. The molecule has 0 radical (unpaired) electrons. The Bertz CT molecular complexity index is 2350. The topological polar surface area (TPSA) is 347 Å². The van der Waals surface area contributed by atoms with Crippen LogP contribution in [-0.2, 0) is 57.6 Å². The van der Waals surface area contributed by atoms with Crippen molar-refractivity contribution in [1.82, 2.24) is 52.1 Å². The number of nitrogens with two attached hydrogens (primary N) is 2. The van der Waals surface area contributed by atoms with Gasteiger partial charge in [0.15, 0.2) is 5.96 Å². The molecule has 0 aliphatic carbocycles. The predicted octanol–water partition coefficient (Wildman–Crippen LogP) is -0.204. The Balaban J connectivity index is 1.60. The number of carboxylic acids is 1. The van der Waals surface area contributed by atoms with Crippen molar-refractivity contribution in [2.24, 2.45) is 28.3 Å². The largest absolute Gasteiger partial charge is 0.494 e. The van der Waals surface area contributed by atoms with Crippen LogP contribution in [0, 0.1) is 11.8 Å². The summed E-state index contributed by atoms with van der Waals surface area (Å²) in [6.45, 7) is 9.52. The molecule has 1 saturated heterocycles. The minimum absolute atomic E-state index is 0.0197. The van der Waals surface area contributed by atoms with Crippen LogP contribution in [0.25, 0.3) is 0 Å². The average Bonchev–Trinajstić information content (AvgIpc) is 4.09. The lowest BCUT2D eigenvalue weighted by atomic mass is 9.96. The van der Waals surface area contributed by atoms with E-state index in [4.69, 9.17) is 16.2 Å². The third-order valence-electron chi connectivity index (χ3n) is 12.6. The molecular weight excluding hydrogens is 955 g/mol. The van der Waals surface area contributed by atoms with E-state index in [1.54, 1.807) is 82.4 Å². The number of imidazole rings is 1. The Labute approximate surface area is 431 Å². The van der Waals surface area contributed by atoms with Crippen molar-refractivity contribution in [3.8, 4) is 5.75 Å². The van der Waals surface area contributed by atoms with Crippen LogP contribution in [0.5, 0.6) is 5.75 Å². The predicted molar refractivity (Wildman–Crippen MR) is 276 cm³/mol. The number of hydrogen-bond donors (Lipinski definition) is 11. The van der Waals surface area contributed by atoms with E-state index in [1.807, 2.05) is 13.8 Å². The third kappa shape index (κ3) is 18.5. The Kier molecular flexibility index (Phi) is 23.8. The molecule has 74 heavy (non-hydrogen) atoms. The van der Waals surface area contributed by atoms with Crippen molar-refractivity contribution in [2.75, 3.05) is 33.3 Å². The van der Waals surface area contributed by atoms with Crippen LogP contribution in [0.1, 0.15) is 83.5 Å². The lowest BCUT2D eigenvalue weighted by Gasteiger charge is -2.32. The van der Waals surface area contributed by atoms with Crippen LogP contribution in [0.15, 0.2) is 72.1 Å². The van der Waals surface area contributed by atoms with Crippen molar-refractivity contribution in [3.63, 3.8) is 0 Å². The Morgan fingerprint density at radius 1 is 0.784 bits per heavy atom. The lowest BCUT2D eigenvalue weighted by Crippen LogP contribution is -2.62. The van der Waals surface area contributed by atoms with Gasteiger partial charge in [-0.05, 0) is 74.8 Å². The number of likely N-dealkylation sites (tertiary alicyclic amines) is 1. The van der Waals surface area contributed by atoms with Gasteiger partial charge in [0.25, 0.3) is 0 Å². The van der Waals surface area contributed by atoms with Crippen LogP contribution in [0.4, 0.5) is 0 Å². The first-order valence-electron chi connectivity index (χ1n) is 25.1. The van der Waals surface area contributed by atoms with Crippen LogP contribution >= 0.6 is 0 Å². The number of aliphatic imine (C=N–C) groups is 1. The van der Waals surface area contributed by atoms with E-state index in [0.717, 1.165) is 0 Å². The molecule has 23 nitrogen and oxygen atoms in total. The van der Waals surface area contributed by atoms with Gasteiger partial charge < -0.3 is 68.4 Å². The molecule has 404 valence electrons. The molecule has 2 aromatic carbocycles. The van der Waals surface area contributed by atoms with E-state index in [9.17, 15) is 43.5 Å². The number of aliphatic carboxylic acids is 1. The smallest absolute Gasteiger partial charge is 0.326 e. The van der Waals surface area contributed by atoms with Gasteiger partial charge in [-0.15, -0.1) is 0 Å². The summed E-state index contributed by atoms with van der Waals surface area (Å²) in [6.07, 6.45) is 4.34. The van der Waals surface area contributed by atoms with Gasteiger partial charge in [-0.2, -0.15) is 0 Å². The minimum Gasteiger partial charge on any atom is -0.494 e. The molecule has 2 heterocycles. The fourth-order valence-electron chi connectivity index (χ4n) is 8.42. The van der Waals surface area contributed by atoms with Gasteiger partial charge in [0.05, 0.1) is 19.5 Å². The van der Waals surface area contributed by atoms with Crippen LogP contribution in [0.2, 0.25) is 0 Å². The molecule has 4 rings (SSSR count). The number of nitrogens with zero attached hydrogens (tertiary/aromatic N) is 3. The quantitative estimate of drug-likeness (QED) is 0.0234. The third-order valence-corrected chi connectivity index (χ3v) is 12.6. The molecule has 0 saturated carbocycles. The van der Waals surface area contributed by atoms with Crippen molar-refractivity contribution in [1.29, 1.82) is 0 Å². The SMILES string of the molecule is CCOc1ccc(C[C@H](NC(=O)[C@@H](NC(=O)[C@H](CCCN=C(N)N)NC(=O)CNC)C(C)C)C(=O)N[C@H](C(=O)N[C@@H](Cc2cnc[nH]2)C(=O)N2CCC[C@H]2C(=O)N[C@@H](Cc2ccccc2)C(=O)O)[C@@H](C)CC)cc1. The van der Waals surface area contributed by atoms with Gasteiger partial charge in [-0.25, -0.2) is 9.78 Å². The second-order valence-corrected chi connectivity index (χ2v) is 18.7. The van der Waals surface area contributed by atoms with Crippen LogP contribution < -0.4 is 53.4 Å². The van der Waals surface area contributed by atoms with Crippen molar-refractivity contribution >= 4 is 53.3 Å². The number of aromatic amines is 1. The molecular formula is C51H75N13O10. The molecule has 1 fully saturated rings. The van der Waals surface area contributed by atoms with E-state index in [0.29, 0.717) is 48.4 Å². The summed E-state index contributed by atoms with van der Waals surface area (Å²) in [4.78, 5) is 123. The fraction of sp³-hybridized carbons (Fsp3) is 0.529. The number of likely N-dealkylation sites (N-methyl/N-ethyl adjacent to an activating group) is 1. The van der Waals surface area contributed by atoms with Crippen LogP contribution in [-0.4, -0.2) is 149 Å². The molecule has 8 atom stereocenters. The fourth-order valence-corrected chi connectivity index (χ4v) is 8.42. The van der Waals surface area contributed by atoms with Gasteiger partial charge in [0.1, 0.15) is 48.0 Å². The van der Waals surface area contributed by atoms with E-state index in [1.165, 1.54) is 17.4 Å². The number of aromatic nitrogens is 2. The molecule has 0 spiro atoms. The van der Waals surface area contributed by atoms with Gasteiger partial charge in [0.2, 0.25) is 41.4 Å². The summed E-state index contributed by atoms with van der Waals surface area (Å²) in [6, 6.07) is 7.35. The number of ether oxygens (including phenoxy) is 1. The Hall–Kier alpha value is -7.56.